The number of amides is 1. The molecule has 2 saturated heterocycles. The summed E-state index contributed by atoms with van der Waals surface area (Å²) in [5.74, 6) is -1.02. The largest absolute Gasteiger partial charge is 0.490 e. The minimum atomic E-state index is -0.801. The second kappa shape index (κ2) is 12.9. The molecule has 256 valence electrons. The van der Waals surface area contributed by atoms with E-state index in [1.807, 2.05) is 37.8 Å². The average Bonchev–Trinajstić information content (AvgIpc) is 3.70. The van der Waals surface area contributed by atoms with Gasteiger partial charge in [0.05, 0.1) is 53.7 Å². The molecule has 14 heteroatoms. The fraction of sp³-hybridized carbons (Fsp3) is 0.371. The molecule has 3 aliphatic rings. The van der Waals surface area contributed by atoms with E-state index in [2.05, 4.69) is 26.5 Å². The Hall–Kier alpha value is -4.82. The highest BCUT2D eigenvalue weighted by Crippen LogP contribution is 2.49. The van der Waals surface area contributed by atoms with Gasteiger partial charge in [-0.25, -0.2) is 13.8 Å². The smallest absolute Gasteiger partial charge is 0.246 e. The fourth-order valence-corrected chi connectivity index (χ4v) is 7.99. The molecule has 1 spiro atoms. The summed E-state index contributed by atoms with van der Waals surface area (Å²) < 4.78 is 44.2. The van der Waals surface area contributed by atoms with Crippen LogP contribution in [0.15, 0.2) is 59.7 Å². The number of hydrogen-bond donors (Lipinski definition) is 1. The highest BCUT2D eigenvalue weighted by molar-refractivity contribution is 7.18. The molecule has 0 bridgehead atoms. The summed E-state index contributed by atoms with van der Waals surface area (Å²) in [5, 5.41) is 7.08. The molecule has 4 aromatic rings. The van der Waals surface area contributed by atoms with Crippen molar-refractivity contribution < 1.29 is 23.0 Å². The van der Waals surface area contributed by atoms with Gasteiger partial charge in [0.2, 0.25) is 5.91 Å². The number of hydrogen-bond acceptors (Lipinski definition) is 10. The number of fused-ring (bicyclic) bond motifs is 1. The number of aryl methyl sites for hydroxylation is 1. The number of pyridine rings is 1. The van der Waals surface area contributed by atoms with E-state index in [1.54, 1.807) is 15.7 Å². The summed E-state index contributed by atoms with van der Waals surface area (Å²) in [5.41, 5.74) is 9.73. The normalized spacial score (nSPS) is 18.8. The summed E-state index contributed by atoms with van der Waals surface area (Å²) in [6.45, 7) is 10.1. The number of aromatic nitrogens is 3. The van der Waals surface area contributed by atoms with Crippen LogP contribution in [-0.2, 0) is 16.6 Å². The van der Waals surface area contributed by atoms with E-state index < -0.39 is 11.6 Å². The van der Waals surface area contributed by atoms with Crippen molar-refractivity contribution in [3.05, 3.63) is 72.0 Å². The molecule has 0 saturated carbocycles. The van der Waals surface area contributed by atoms with Crippen LogP contribution in [0.2, 0.25) is 0 Å². The molecule has 11 nitrogen and oxygen atoms in total. The zero-order valence-corrected chi connectivity index (χ0v) is 28.5. The predicted molar refractivity (Wildman–Crippen MR) is 188 cm³/mol. The summed E-state index contributed by atoms with van der Waals surface area (Å²) in [4.78, 5) is 28.6. The van der Waals surface area contributed by atoms with Crippen molar-refractivity contribution in [1.29, 1.82) is 0 Å². The van der Waals surface area contributed by atoms with Gasteiger partial charge in [-0.15, -0.1) is 11.3 Å². The van der Waals surface area contributed by atoms with Crippen molar-refractivity contribution in [3.8, 4) is 16.9 Å². The molecular weight excluding hydrogens is 651 g/mol. The van der Waals surface area contributed by atoms with Gasteiger partial charge in [-0.3, -0.25) is 14.5 Å². The van der Waals surface area contributed by atoms with E-state index in [0.29, 0.717) is 30.1 Å². The molecule has 2 fully saturated rings. The van der Waals surface area contributed by atoms with E-state index in [0.717, 1.165) is 53.8 Å². The monoisotopic (exact) mass is 688 g/mol. The summed E-state index contributed by atoms with van der Waals surface area (Å²) in [6, 6.07) is 3.60. The van der Waals surface area contributed by atoms with Crippen LogP contribution in [0.25, 0.3) is 26.9 Å². The Morgan fingerprint density at radius 3 is 2.67 bits per heavy atom. The lowest BCUT2D eigenvalue weighted by Gasteiger charge is -2.61. The van der Waals surface area contributed by atoms with Crippen LogP contribution in [0.1, 0.15) is 12.6 Å². The first-order chi connectivity index (χ1) is 23.6. The van der Waals surface area contributed by atoms with Gasteiger partial charge in [0, 0.05) is 86.3 Å². The molecule has 2 N–H and O–H groups in total. The zero-order valence-electron chi connectivity index (χ0n) is 27.7. The van der Waals surface area contributed by atoms with Crippen molar-refractivity contribution >= 4 is 50.2 Å². The van der Waals surface area contributed by atoms with Crippen LogP contribution in [0.5, 0.6) is 5.75 Å². The number of nitrogens with two attached hydrogens (primary N) is 1. The fourth-order valence-electron chi connectivity index (χ4n) is 7.05. The molecule has 0 radical (unpaired) electrons. The lowest BCUT2D eigenvalue weighted by atomic mass is 9.72. The second-order valence-corrected chi connectivity index (χ2v) is 13.7. The maximum Gasteiger partial charge on any atom is 0.246 e. The Kier molecular flexibility index (Phi) is 8.61. The van der Waals surface area contributed by atoms with Crippen LogP contribution in [0, 0.1) is 17.0 Å². The van der Waals surface area contributed by atoms with Gasteiger partial charge in [0.15, 0.2) is 0 Å². The Morgan fingerprint density at radius 1 is 1.18 bits per heavy atom. The molecular formula is C35H38F2N8O3S. The topological polar surface area (TPSA) is 114 Å². The lowest BCUT2D eigenvalue weighted by Crippen LogP contribution is -2.72. The molecule has 1 atom stereocenters. The summed E-state index contributed by atoms with van der Waals surface area (Å²) in [7, 11) is 3.44. The van der Waals surface area contributed by atoms with Gasteiger partial charge < -0.3 is 29.9 Å². The maximum absolute atomic E-state index is 16.0. The number of carbonyl (C=O) groups is 1. The third-order valence-electron chi connectivity index (χ3n) is 9.43. The lowest BCUT2D eigenvalue weighted by molar-refractivity contribution is -0.126. The van der Waals surface area contributed by atoms with Crippen molar-refractivity contribution in [3.63, 3.8) is 0 Å². The first kappa shape index (κ1) is 32.7. The minimum absolute atomic E-state index is 0.0202. The third kappa shape index (κ3) is 5.92. The van der Waals surface area contributed by atoms with E-state index in [4.69, 9.17) is 20.2 Å². The quantitative estimate of drug-likeness (QED) is 0.192. The molecule has 49 heavy (non-hydrogen) atoms. The number of halogens is 2. The number of carbonyl (C=O) groups excluding carboxylic acids is 1. The average molecular weight is 689 g/mol. The number of nitrogens with zero attached hydrogens (tertiary/aromatic N) is 7. The van der Waals surface area contributed by atoms with Gasteiger partial charge in [0.25, 0.3) is 0 Å². The van der Waals surface area contributed by atoms with Crippen molar-refractivity contribution in [2.45, 2.75) is 13.0 Å². The highest BCUT2D eigenvalue weighted by Gasteiger charge is 2.53. The van der Waals surface area contributed by atoms with Gasteiger partial charge in [-0.05, 0) is 30.5 Å². The number of ether oxygens (including phenoxy) is 2. The number of thiophene rings is 1. The molecule has 1 aromatic carbocycles. The first-order valence-electron chi connectivity index (χ1n) is 16.1. The molecule has 1 amide bonds. The Morgan fingerprint density at radius 2 is 1.96 bits per heavy atom. The molecule has 7 rings (SSSR count). The van der Waals surface area contributed by atoms with Crippen LogP contribution < -0.4 is 20.3 Å². The summed E-state index contributed by atoms with van der Waals surface area (Å²) >= 11 is 1.43. The first-order valence-corrected chi connectivity index (χ1v) is 16.9. The zero-order chi connectivity index (χ0) is 34.4. The van der Waals surface area contributed by atoms with E-state index >= 15 is 4.39 Å². The molecule has 3 aliphatic heterocycles. The Bertz CT molecular complexity index is 1990. The number of rotatable bonds is 10. The SMILES string of the molecule is C=CC(=O)N1CCN=C(/C=C(\N)c2nc(N3CC4(CN(c5cnn(C)c5)C4)C3)c3ccsc3c2-c2c(F)cc(F)cc2OCCOC)C1C. The second-order valence-electron chi connectivity index (χ2n) is 12.8. The van der Waals surface area contributed by atoms with Crippen LogP contribution in [0.3, 0.4) is 0 Å². The molecule has 6 heterocycles. The minimum Gasteiger partial charge on any atom is -0.490 e. The number of methoxy groups -OCH3 is 1. The van der Waals surface area contributed by atoms with Crippen molar-refractivity contribution in [1.82, 2.24) is 19.7 Å². The van der Waals surface area contributed by atoms with Crippen LogP contribution in [0.4, 0.5) is 20.3 Å². The number of aliphatic imine (C=N–C) groups is 1. The standard InChI is InChI=1S/C35H38F2N8O3S/c1-5-29(46)45-8-7-39-27(21(45)2)14-26(38)32-31(30-25(37)12-22(36)13-28(30)48-10-9-47-4)33-24(6-11-49-33)34(41-32)44-19-35(20-44)17-43(18-35)23-15-40-42(3)16-23/h5-6,11-16,21H,1,7-10,17-20,38H2,2-4H3/b26-14-. The highest BCUT2D eigenvalue weighted by atomic mass is 32.1. The van der Waals surface area contributed by atoms with E-state index in [-0.39, 0.29) is 47.6 Å². The number of benzene rings is 1. The predicted octanol–water partition coefficient (Wildman–Crippen LogP) is 4.48. The van der Waals surface area contributed by atoms with Crippen molar-refractivity contribution in [2.24, 2.45) is 23.2 Å². The van der Waals surface area contributed by atoms with Gasteiger partial charge in [0.1, 0.15) is 29.8 Å². The van der Waals surface area contributed by atoms with Gasteiger partial charge >= 0.3 is 0 Å². The van der Waals surface area contributed by atoms with Gasteiger partial charge in [-0.1, -0.05) is 6.58 Å². The van der Waals surface area contributed by atoms with E-state index in [1.165, 1.54) is 30.6 Å². The van der Waals surface area contributed by atoms with Crippen LogP contribution in [-0.4, -0.2) is 96.9 Å². The Labute approximate surface area is 286 Å². The molecule has 0 aliphatic carbocycles. The van der Waals surface area contributed by atoms with Gasteiger partial charge in [-0.2, -0.15) is 5.10 Å². The van der Waals surface area contributed by atoms with Crippen molar-refractivity contribution in [2.75, 3.05) is 69.4 Å². The molecule has 3 aromatic heterocycles. The van der Waals surface area contributed by atoms with E-state index in [9.17, 15) is 9.18 Å². The third-order valence-corrected chi connectivity index (χ3v) is 10.4. The van der Waals surface area contributed by atoms with Crippen LogP contribution >= 0.6 is 11.3 Å². The maximum atomic E-state index is 16.0. The molecule has 1 unspecified atom stereocenters. The number of anilines is 2. The Balaban J connectivity index is 1.31. The summed E-state index contributed by atoms with van der Waals surface area (Å²) in [6.07, 6.45) is 6.88.